The minimum atomic E-state index is -0.101. The molecule has 0 N–H and O–H groups in total. The van der Waals surface area contributed by atoms with Gasteiger partial charge in [0, 0.05) is 5.41 Å². The Bertz CT molecular complexity index is 444. The molecule has 84 valence electrons. The maximum atomic E-state index is 12.3. The Kier molecular flexibility index (Phi) is 2.06. The maximum absolute atomic E-state index is 12.3. The number of ether oxygens (including phenoxy) is 1. The summed E-state index contributed by atoms with van der Waals surface area (Å²) in [4.78, 5) is 12.3. The van der Waals surface area contributed by atoms with Crippen molar-refractivity contribution in [1.82, 2.24) is 0 Å². The van der Waals surface area contributed by atoms with Crippen LogP contribution < -0.4 is 4.74 Å². The number of para-hydroxylation sites is 1. The van der Waals surface area contributed by atoms with Crippen LogP contribution in [0.5, 0.6) is 5.75 Å². The molecule has 2 nitrogen and oxygen atoms in total. The van der Waals surface area contributed by atoms with E-state index < -0.39 is 0 Å². The van der Waals surface area contributed by atoms with Crippen LogP contribution in [0.2, 0.25) is 0 Å². The second-order valence-corrected chi connectivity index (χ2v) is 5.14. The predicted molar refractivity (Wildman–Crippen MR) is 61.9 cm³/mol. The van der Waals surface area contributed by atoms with Gasteiger partial charge in [-0.15, -0.1) is 0 Å². The van der Waals surface area contributed by atoms with Gasteiger partial charge in [-0.05, 0) is 37.3 Å². The van der Waals surface area contributed by atoms with Gasteiger partial charge >= 0.3 is 0 Å². The number of carbonyl (C=O) groups excluding carboxylic acids is 1. The summed E-state index contributed by atoms with van der Waals surface area (Å²) >= 11 is 0. The zero-order valence-electron chi connectivity index (χ0n) is 9.58. The van der Waals surface area contributed by atoms with Crippen molar-refractivity contribution in [2.45, 2.75) is 32.6 Å². The Morgan fingerprint density at radius 1 is 1.38 bits per heavy atom. The third-order valence-corrected chi connectivity index (χ3v) is 3.73. The van der Waals surface area contributed by atoms with Gasteiger partial charge in [0.1, 0.15) is 5.75 Å². The summed E-state index contributed by atoms with van der Waals surface area (Å²) in [5.74, 6) is 1.12. The molecule has 0 bridgehead atoms. The van der Waals surface area contributed by atoms with Crippen molar-refractivity contribution >= 4 is 5.78 Å². The van der Waals surface area contributed by atoms with Crippen molar-refractivity contribution in [3.8, 4) is 5.75 Å². The molecule has 1 aromatic carbocycles. The largest absolute Gasteiger partial charge is 0.493 e. The summed E-state index contributed by atoms with van der Waals surface area (Å²) < 4.78 is 5.68. The Labute approximate surface area is 95.6 Å². The lowest BCUT2D eigenvalue weighted by atomic mass is 9.93. The molecule has 2 aliphatic rings. The Morgan fingerprint density at radius 3 is 2.94 bits per heavy atom. The SMILES string of the molecule is CC1(C(=O)c2cccc3c2OCCC3)CC1. The van der Waals surface area contributed by atoms with Crippen LogP contribution in [0.4, 0.5) is 0 Å². The number of hydrogen-bond acceptors (Lipinski definition) is 2. The first-order chi connectivity index (χ1) is 7.71. The molecule has 2 heteroatoms. The lowest BCUT2D eigenvalue weighted by Gasteiger charge is -2.20. The first-order valence-electron chi connectivity index (χ1n) is 6.00. The topological polar surface area (TPSA) is 26.3 Å². The fourth-order valence-electron chi connectivity index (χ4n) is 2.31. The monoisotopic (exact) mass is 216 g/mol. The molecule has 3 rings (SSSR count). The molecular weight excluding hydrogens is 200 g/mol. The van der Waals surface area contributed by atoms with Crippen LogP contribution in [0.3, 0.4) is 0 Å². The van der Waals surface area contributed by atoms with E-state index in [2.05, 4.69) is 13.0 Å². The third-order valence-electron chi connectivity index (χ3n) is 3.73. The molecule has 1 fully saturated rings. The van der Waals surface area contributed by atoms with Crippen LogP contribution >= 0.6 is 0 Å². The molecule has 1 aromatic rings. The summed E-state index contributed by atoms with van der Waals surface area (Å²) in [6.45, 7) is 2.80. The lowest BCUT2D eigenvalue weighted by molar-refractivity contribution is 0.0907. The second-order valence-electron chi connectivity index (χ2n) is 5.14. The first-order valence-corrected chi connectivity index (χ1v) is 6.00. The molecule has 0 radical (unpaired) electrons. The van der Waals surface area contributed by atoms with Gasteiger partial charge in [0.15, 0.2) is 5.78 Å². The second kappa shape index (κ2) is 3.34. The normalized spacial score (nSPS) is 20.8. The average Bonchev–Trinajstić information content (AvgIpc) is 3.07. The van der Waals surface area contributed by atoms with Crippen molar-refractivity contribution in [1.29, 1.82) is 0 Å². The Hall–Kier alpha value is -1.31. The van der Waals surface area contributed by atoms with E-state index in [0.717, 1.165) is 43.6 Å². The molecule has 0 aromatic heterocycles. The van der Waals surface area contributed by atoms with E-state index in [1.807, 2.05) is 12.1 Å². The number of ketones is 1. The molecule has 1 saturated carbocycles. The number of aryl methyl sites for hydroxylation is 1. The summed E-state index contributed by atoms with van der Waals surface area (Å²) in [5.41, 5.74) is 1.90. The Balaban J connectivity index is 2.03. The highest BCUT2D eigenvalue weighted by Gasteiger charge is 2.46. The summed E-state index contributed by atoms with van der Waals surface area (Å²) in [7, 11) is 0. The summed E-state index contributed by atoms with van der Waals surface area (Å²) in [6.07, 6.45) is 4.14. The summed E-state index contributed by atoms with van der Waals surface area (Å²) in [6, 6.07) is 5.96. The number of benzene rings is 1. The zero-order chi connectivity index (χ0) is 11.2. The molecule has 1 aliphatic heterocycles. The highest BCUT2D eigenvalue weighted by atomic mass is 16.5. The van der Waals surface area contributed by atoms with Crippen molar-refractivity contribution in [3.63, 3.8) is 0 Å². The van der Waals surface area contributed by atoms with Gasteiger partial charge in [-0.25, -0.2) is 0 Å². The fourth-order valence-corrected chi connectivity index (χ4v) is 2.31. The Morgan fingerprint density at radius 2 is 2.19 bits per heavy atom. The van der Waals surface area contributed by atoms with Gasteiger partial charge in [-0.2, -0.15) is 0 Å². The van der Waals surface area contributed by atoms with Gasteiger partial charge < -0.3 is 4.74 Å². The van der Waals surface area contributed by atoms with Crippen molar-refractivity contribution < 1.29 is 9.53 Å². The van der Waals surface area contributed by atoms with E-state index in [0.29, 0.717) is 0 Å². The van der Waals surface area contributed by atoms with Crippen molar-refractivity contribution in [2.75, 3.05) is 6.61 Å². The number of carbonyl (C=O) groups is 1. The average molecular weight is 216 g/mol. The molecule has 1 aliphatic carbocycles. The fraction of sp³-hybridized carbons (Fsp3) is 0.500. The standard InChI is InChI=1S/C14H16O2/c1-14(7-8-14)13(15)11-6-2-4-10-5-3-9-16-12(10)11/h2,4,6H,3,5,7-9H2,1H3. The predicted octanol–water partition coefficient (Wildman–Crippen LogP) is 2.99. The maximum Gasteiger partial charge on any atom is 0.172 e. The molecule has 16 heavy (non-hydrogen) atoms. The van der Waals surface area contributed by atoms with Crippen LogP contribution in [-0.2, 0) is 6.42 Å². The molecule has 0 spiro atoms. The van der Waals surface area contributed by atoms with E-state index in [9.17, 15) is 4.79 Å². The molecule has 0 saturated heterocycles. The van der Waals surface area contributed by atoms with Crippen LogP contribution in [0, 0.1) is 5.41 Å². The van der Waals surface area contributed by atoms with E-state index >= 15 is 0 Å². The minimum Gasteiger partial charge on any atom is -0.493 e. The van der Waals surface area contributed by atoms with Crippen molar-refractivity contribution in [2.24, 2.45) is 5.41 Å². The molecule has 1 heterocycles. The number of Topliss-reactive ketones (excluding diaryl/α,β-unsaturated/α-hetero) is 1. The molecule has 0 atom stereocenters. The zero-order valence-corrected chi connectivity index (χ0v) is 9.58. The van der Waals surface area contributed by atoms with E-state index in [1.165, 1.54) is 5.56 Å². The number of fused-ring (bicyclic) bond motifs is 1. The van der Waals surface area contributed by atoms with E-state index in [1.54, 1.807) is 0 Å². The van der Waals surface area contributed by atoms with Crippen LogP contribution in [0.1, 0.15) is 42.1 Å². The van der Waals surface area contributed by atoms with Gasteiger partial charge in [-0.1, -0.05) is 19.1 Å². The number of rotatable bonds is 2. The van der Waals surface area contributed by atoms with E-state index in [-0.39, 0.29) is 11.2 Å². The van der Waals surface area contributed by atoms with Crippen LogP contribution in [-0.4, -0.2) is 12.4 Å². The number of hydrogen-bond donors (Lipinski definition) is 0. The van der Waals surface area contributed by atoms with Crippen molar-refractivity contribution in [3.05, 3.63) is 29.3 Å². The quantitative estimate of drug-likeness (QED) is 0.710. The lowest BCUT2D eigenvalue weighted by Crippen LogP contribution is -2.17. The highest BCUT2D eigenvalue weighted by Crippen LogP contribution is 2.49. The summed E-state index contributed by atoms with van der Waals surface area (Å²) in [5, 5.41) is 0. The molecule has 0 unspecified atom stereocenters. The van der Waals surface area contributed by atoms with Crippen LogP contribution in [0.15, 0.2) is 18.2 Å². The van der Waals surface area contributed by atoms with Gasteiger partial charge in [-0.3, -0.25) is 4.79 Å². The smallest absolute Gasteiger partial charge is 0.172 e. The van der Waals surface area contributed by atoms with Gasteiger partial charge in [0.05, 0.1) is 12.2 Å². The molecular formula is C14H16O2. The molecule has 0 amide bonds. The van der Waals surface area contributed by atoms with Gasteiger partial charge in [0.25, 0.3) is 0 Å². The van der Waals surface area contributed by atoms with Gasteiger partial charge in [0.2, 0.25) is 0 Å². The third kappa shape index (κ3) is 1.44. The van der Waals surface area contributed by atoms with Crippen LogP contribution in [0.25, 0.3) is 0 Å². The van der Waals surface area contributed by atoms with E-state index in [4.69, 9.17) is 4.74 Å². The minimum absolute atomic E-state index is 0.101. The highest BCUT2D eigenvalue weighted by molar-refractivity contribution is 6.04. The first kappa shape index (κ1) is 9.88.